The Balaban J connectivity index is 1.83. The number of hydrogen-bond donors (Lipinski definition) is 1. The Morgan fingerprint density at radius 3 is 2.75 bits per heavy atom. The van der Waals surface area contributed by atoms with Crippen LogP contribution in [0.4, 0.5) is 0 Å². The number of nitrogens with zero attached hydrogens (tertiary/aromatic N) is 2. The minimum absolute atomic E-state index is 0.109. The molecule has 1 N–H and O–H groups in total. The number of aromatic nitrogens is 2. The number of carbonyl (C=O) groups is 1. The van der Waals surface area contributed by atoms with Crippen molar-refractivity contribution in [1.82, 2.24) is 14.9 Å². The number of carbonyl (C=O) groups excluding carboxylic acids is 1. The van der Waals surface area contributed by atoms with Crippen molar-refractivity contribution in [2.24, 2.45) is 0 Å². The molecule has 1 heterocycles. The molecule has 146 valence electrons. The van der Waals surface area contributed by atoms with E-state index in [0.717, 1.165) is 0 Å². The molecule has 0 aliphatic carbocycles. The topological polar surface area (TPSA) is 75.3 Å². The minimum atomic E-state index is -0.236. The third kappa shape index (κ3) is 4.90. The van der Waals surface area contributed by atoms with Gasteiger partial charge in [0.15, 0.2) is 0 Å². The lowest BCUT2D eigenvalue weighted by atomic mass is 10.1. The number of halogens is 2. The molecule has 0 radical (unpaired) electrons. The second kappa shape index (κ2) is 9.19. The molecule has 3 rings (SSSR count). The number of amides is 1. The van der Waals surface area contributed by atoms with Gasteiger partial charge < -0.3 is 14.6 Å². The molecule has 8 heteroatoms. The second-order valence-electron chi connectivity index (χ2n) is 6.25. The summed E-state index contributed by atoms with van der Waals surface area (Å²) >= 11 is 12.1. The first kappa shape index (κ1) is 20.3. The van der Waals surface area contributed by atoms with Crippen LogP contribution in [0.25, 0.3) is 10.9 Å². The van der Waals surface area contributed by atoms with Gasteiger partial charge in [-0.05, 0) is 29.8 Å². The van der Waals surface area contributed by atoms with Crippen molar-refractivity contribution in [1.29, 1.82) is 0 Å². The van der Waals surface area contributed by atoms with Gasteiger partial charge in [0.05, 0.1) is 30.5 Å². The smallest absolute Gasteiger partial charge is 0.258 e. The highest BCUT2D eigenvalue weighted by molar-refractivity contribution is 6.35. The molecular formula is C20H19Cl2N3O3. The van der Waals surface area contributed by atoms with Crippen LogP contribution in [0.5, 0.6) is 0 Å². The number of aromatic amines is 1. The van der Waals surface area contributed by atoms with Gasteiger partial charge in [0.25, 0.3) is 5.56 Å². The summed E-state index contributed by atoms with van der Waals surface area (Å²) in [6, 6.07) is 12.1. The molecule has 1 aromatic heterocycles. The number of rotatable bonds is 7. The quantitative estimate of drug-likeness (QED) is 0.636. The summed E-state index contributed by atoms with van der Waals surface area (Å²) in [7, 11) is 1.56. The average Bonchev–Trinajstić information content (AvgIpc) is 2.67. The highest BCUT2D eigenvalue weighted by Gasteiger charge is 2.17. The fourth-order valence-corrected chi connectivity index (χ4v) is 3.30. The second-order valence-corrected chi connectivity index (χ2v) is 7.09. The highest BCUT2D eigenvalue weighted by Crippen LogP contribution is 2.22. The van der Waals surface area contributed by atoms with Gasteiger partial charge in [-0.25, -0.2) is 4.98 Å². The van der Waals surface area contributed by atoms with Gasteiger partial charge in [0.1, 0.15) is 5.82 Å². The van der Waals surface area contributed by atoms with Crippen molar-refractivity contribution in [3.05, 3.63) is 74.3 Å². The minimum Gasteiger partial charge on any atom is -0.383 e. The number of fused-ring (bicyclic) bond motifs is 1. The SMILES string of the molecule is COCCN(Cc1nc2ccccc2c(=O)[nH]1)C(=O)Cc1ccc(Cl)cc1Cl. The predicted molar refractivity (Wildman–Crippen MR) is 110 cm³/mol. The molecule has 0 spiro atoms. The van der Waals surface area contributed by atoms with Crippen LogP contribution >= 0.6 is 23.2 Å². The van der Waals surface area contributed by atoms with E-state index in [2.05, 4.69) is 9.97 Å². The molecule has 0 bridgehead atoms. The molecule has 28 heavy (non-hydrogen) atoms. The molecule has 6 nitrogen and oxygen atoms in total. The van der Waals surface area contributed by atoms with Crippen LogP contribution in [0.3, 0.4) is 0 Å². The summed E-state index contributed by atoms with van der Waals surface area (Å²) in [6.07, 6.45) is 0.109. The van der Waals surface area contributed by atoms with E-state index >= 15 is 0 Å². The molecule has 0 saturated heterocycles. The third-order valence-electron chi connectivity index (χ3n) is 4.28. The van der Waals surface area contributed by atoms with E-state index in [0.29, 0.717) is 45.5 Å². The van der Waals surface area contributed by atoms with Gasteiger partial charge >= 0.3 is 0 Å². The zero-order valence-electron chi connectivity index (χ0n) is 15.2. The predicted octanol–water partition coefficient (Wildman–Crippen LogP) is 3.45. The lowest BCUT2D eigenvalue weighted by Crippen LogP contribution is -2.35. The first-order chi connectivity index (χ1) is 13.5. The summed E-state index contributed by atoms with van der Waals surface area (Å²) < 4.78 is 5.11. The molecule has 0 saturated carbocycles. The highest BCUT2D eigenvalue weighted by atomic mass is 35.5. The van der Waals surface area contributed by atoms with E-state index < -0.39 is 0 Å². The summed E-state index contributed by atoms with van der Waals surface area (Å²) in [6.45, 7) is 0.877. The van der Waals surface area contributed by atoms with Crippen LogP contribution in [-0.4, -0.2) is 41.0 Å². The molecular weight excluding hydrogens is 401 g/mol. The first-order valence-corrected chi connectivity index (χ1v) is 9.42. The van der Waals surface area contributed by atoms with E-state index in [-0.39, 0.29) is 24.4 Å². The van der Waals surface area contributed by atoms with Crippen molar-refractivity contribution in [3.8, 4) is 0 Å². The van der Waals surface area contributed by atoms with Gasteiger partial charge in [0, 0.05) is 23.7 Å². The Kier molecular flexibility index (Phi) is 6.67. The molecule has 0 aliphatic heterocycles. The van der Waals surface area contributed by atoms with Gasteiger partial charge in [-0.1, -0.05) is 41.4 Å². The van der Waals surface area contributed by atoms with E-state index in [1.54, 1.807) is 48.4 Å². The molecule has 2 aromatic carbocycles. The lowest BCUT2D eigenvalue weighted by Gasteiger charge is -2.22. The summed E-state index contributed by atoms with van der Waals surface area (Å²) in [5.41, 5.74) is 1.03. The Labute approximate surface area is 172 Å². The maximum absolute atomic E-state index is 12.9. The van der Waals surface area contributed by atoms with Crippen molar-refractivity contribution in [2.45, 2.75) is 13.0 Å². The summed E-state index contributed by atoms with van der Waals surface area (Å²) in [5.74, 6) is 0.257. The Morgan fingerprint density at radius 2 is 2.00 bits per heavy atom. The zero-order chi connectivity index (χ0) is 20.1. The molecule has 1 amide bonds. The van der Waals surface area contributed by atoms with E-state index in [1.807, 2.05) is 6.07 Å². The monoisotopic (exact) mass is 419 g/mol. The maximum atomic E-state index is 12.9. The summed E-state index contributed by atoms with van der Waals surface area (Å²) in [5, 5.41) is 1.45. The fourth-order valence-electron chi connectivity index (χ4n) is 2.82. The lowest BCUT2D eigenvalue weighted by molar-refractivity contribution is -0.131. The molecule has 0 fully saturated rings. The molecule has 3 aromatic rings. The Hall–Kier alpha value is -2.41. The van der Waals surface area contributed by atoms with Crippen molar-refractivity contribution in [2.75, 3.05) is 20.3 Å². The molecule has 0 unspecified atom stereocenters. The van der Waals surface area contributed by atoms with Crippen LogP contribution in [0.1, 0.15) is 11.4 Å². The largest absolute Gasteiger partial charge is 0.383 e. The molecule has 0 aliphatic rings. The summed E-state index contributed by atoms with van der Waals surface area (Å²) in [4.78, 5) is 33.9. The first-order valence-electron chi connectivity index (χ1n) is 8.66. The van der Waals surface area contributed by atoms with Gasteiger partial charge in [-0.15, -0.1) is 0 Å². The van der Waals surface area contributed by atoms with Gasteiger partial charge in [0.2, 0.25) is 5.91 Å². The standard InChI is InChI=1S/C20H19Cl2N3O3/c1-28-9-8-25(19(26)10-13-6-7-14(21)11-16(13)22)12-18-23-17-5-3-2-4-15(17)20(27)24-18/h2-7,11H,8-10,12H2,1H3,(H,23,24,27). The third-order valence-corrected chi connectivity index (χ3v) is 4.86. The normalized spacial score (nSPS) is 11.0. The zero-order valence-corrected chi connectivity index (χ0v) is 16.8. The van der Waals surface area contributed by atoms with E-state index in [9.17, 15) is 9.59 Å². The van der Waals surface area contributed by atoms with Crippen LogP contribution in [0.2, 0.25) is 10.0 Å². The average molecular weight is 420 g/mol. The van der Waals surface area contributed by atoms with Crippen molar-refractivity contribution in [3.63, 3.8) is 0 Å². The van der Waals surface area contributed by atoms with Gasteiger partial charge in [-0.2, -0.15) is 0 Å². The Morgan fingerprint density at radius 1 is 1.21 bits per heavy atom. The van der Waals surface area contributed by atoms with Crippen LogP contribution in [-0.2, 0) is 22.5 Å². The number of methoxy groups -OCH3 is 1. The van der Waals surface area contributed by atoms with Crippen molar-refractivity contribution < 1.29 is 9.53 Å². The van der Waals surface area contributed by atoms with E-state index in [4.69, 9.17) is 27.9 Å². The number of H-pyrrole nitrogens is 1. The molecule has 0 atom stereocenters. The number of benzene rings is 2. The van der Waals surface area contributed by atoms with Gasteiger partial charge in [-0.3, -0.25) is 9.59 Å². The van der Waals surface area contributed by atoms with Crippen LogP contribution < -0.4 is 5.56 Å². The van der Waals surface area contributed by atoms with E-state index in [1.165, 1.54) is 0 Å². The number of hydrogen-bond acceptors (Lipinski definition) is 4. The Bertz CT molecular complexity index is 1050. The number of ether oxygens (including phenoxy) is 1. The fraction of sp³-hybridized carbons (Fsp3) is 0.250. The van der Waals surface area contributed by atoms with Crippen LogP contribution in [0.15, 0.2) is 47.3 Å². The van der Waals surface area contributed by atoms with Crippen molar-refractivity contribution >= 4 is 40.0 Å². The number of para-hydroxylation sites is 1. The number of nitrogens with one attached hydrogen (secondary N) is 1. The van der Waals surface area contributed by atoms with Crippen LogP contribution in [0, 0.1) is 0 Å². The maximum Gasteiger partial charge on any atom is 0.258 e.